The number of carbonyl (C=O) groups is 2. The Bertz CT molecular complexity index is 1040. The van der Waals surface area contributed by atoms with Crippen molar-refractivity contribution in [1.29, 1.82) is 0 Å². The van der Waals surface area contributed by atoms with Crippen molar-refractivity contribution in [3.8, 4) is 0 Å². The highest BCUT2D eigenvalue weighted by atomic mass is 32.2. The zero-order chi connectivity index (χ0) is 20.6. The van der Waals surface area contributed by atoms with Gasteiger partial charge in [-0.3, -0.25) is 9.59 Å². The Balaban J connectivity index is 1.51. The van der Waals surface area contributed by atoms with Crippen LogP contribution in [0.25, 0.3) is 0 Å². The zero-order valence-corrected chi connectivity index (χ0v) is 17.8. The summed E-state index contributed by atoms with van der Waals surface area (Å²) in [6.45, 7) is 3.95. The Morgan fingerprint density at radius 1 is 1.00 bits per heavy atom. The molecule has 1 fully saturated rings. The number of benzene rings is 1. The quantitative estimate of drug-likeness (QED) is 0.740. The van der Waals surface area contributed by atoms with Crippen molar-refractivity contribution < 1.29 is 18.0 Å². The molecule has 4 rings (SSSR count). The first-order valence-corrected chi connectivity index (χ1v) is 11.9. The van der Waals surface area contributed by atoms with Crippen LogP contribution in [-0.4, -0.2) is 67.1 Å². The zero-order valence-electron chi connectivity index (χ0n) is 16.2. The molecule has 0 spiro atoms. The Hall–Kier alpha value is -2.23. The van der Waals surface area contributed by atoms with Gasteiger partial charge in [-0.1, -0.05) is 6.07 Å². The molecule has 3 heterocycles. The molecule has 0 bridgehead atoms. The Morgan fingerprint density at radius 3 is 2.48 bits per heavy atom. The number of sulfonamides is 1. The molecule has 0 saturated carbocycles. The van der Waals surface area contributed by atoms with Crippen LogP contribution >= 0.6 is 11.3 Å². The van der Waals surface area contributed by atoms with Gasteiger partial charge in [0.05, 0.1) is 4.90 Å². The van der Waals surface area contributed by atoms with E-state index in [1.807, 2.05) is 11.4 Å². The molecule has 1 saturated heterocycles. The summed E-state index contributed by atoms with van der Waals surface area (Å²) in [7, 11) is -3.71. The van der Waals surface area contributed by atoms with E-state index in [9.17, 15) is 18.0 Å². The fourth-order valence-corrected chi connectivity index (χ4v) is 6.14. The van der Waals surface area contributed by atoms with E-state index in [0.717, 1.165) is 6.42 Å². The average Bonchev–Trinajstić information content (AvgIpc) is 3.21. The number of amides is 2. The van der Waals surface area contributed by atoms with Crippen molar-refractivity contribution in [3.63, 3.8) is 0 Å². The SMILES string of the molecule is CC(=O)N1CCN(S(=O)(=O)c2cccc(C(=O)N3CCc4sccc4C3)c2)CC1. The van der Waals surface area contributed by atoms with Crippen molar-refractivity contribution in [3.05, 3.63) is 51.7 Å². The van der Waals surface area contributed by atoms with Gasteiger partial charge in [-0.05, 0) is 41.6 Å². The van der Waals surface area contributed by atoms with E-state index in [2.05, 4.69) is 0 Å². The van der Waals surface area contributed by atoms with Gasteiger partial charge >= 0.3 is 0 Å². The summed E-state index contributed by atoms with van der Waals surface area (Å²) < 4.78 is 27.5. The summed E-state index contributed by atoms with van der Waals surface area (Å²) in [5.41, 5.74) is 1.55. The van der Waals surface area contributed by atoms with Crippen LogP contribution in [0.5, 0.6) is 0 Å². The molecule has 2 amide bonds. The second kappa shape index (κ2) is 7.89. The molecule has 0 unspecified atom stereocenters. The molecule has 154 valence electrons. The van der Waals surface area contributed by atoms with Crippen LogP contribution in [-0.2, 0) is 27.8 Å². The molecule has 2 aliphatic rings. The third-order valence-electron chi connectivity index (χ3n) is 5.50. The number of thiophene rings is 1. The number of hydrogen-bond acceptors (Lipinski definition) is 5. The molecule has 9 heteroatoms. The first-order chi connectivity index (χ1) is 13.9. The third kappa shape index (κ3) is 3.94. The van der Waals surface area contributed by atoms with Gasteiger partial charge in [0.1, 0.15) is 0 Å². The highest BCUT2D eigenvalue weighted by molar-refractivity contribution is 7.89. The summed E-state index contributed by atoms with van der Waals surface area (Å²) >= 11 is 1.71. The van der Waals surface area contributed by atoms with E-state index >= 15 is 0 Å². The van der Waals surface area contributed by atoms with Gasteiger partial charge < -0.3 is 9.80 Å². The summed E-state index contributed by atoms with van der Waals surface area (Å²) in [5.74, 6) is -0.203. The van der Waals surface area contributed by atoms with Gasteiger partial charge in [0, 0.05) is 56.6 Å². The van der Waals surface area contributed by atoms with E-state index in [1.165, 1.54) is 33.8 Å². The average molecular weight is 434 g/mol. The maximum Gasteiger partial charge on any atom is 0.254 e. The smallest absolute Gasteiger partial charge is 0.254 e. The van der Waals surface area contributed by atoms with E-state index in [-0.39, 0.29) is 29.8 Å². The molecule has 0 atom stereocenters. The first-order valence-electron chi connectivity index (χ1n) is 9.56. The van der Waals surface area contributed by atoms with Gasteiger partial charge in [-0.15, -0.1) is 11.3 Å². The predicted molar refractivity (Wildman–Crippen MR) is 110 cm³/mol. The molecule has 0 aliphatic carbocycles. The van der Waals surface area contributed by atoms with Crippen LogP contribution in [0.3, 0.4) is 0 Å². The van der Waals surface area contributed by atoms with E-state index < -0.39 is 10.0 Å². The normalized spacial score (nSPS) is 17.8. The second-order valence-corrected chi connectivity index (χ2v) is 10.2. The fourth-order valence-electron chi connectivity index (χ4n) is 3.79. The van der Waals surface area contributed by atoms with E-state index in [0.29, 0.717) is 31.7 Å². The van der Waals surface area contributed by atoms with Crippen molar-refractivity contribution in [2.75, 3.05) is 32.7 Å². The van der Waals surface area contributed by atoms with Crippen molar-refractivity contribution in [1.82, 2.24) is 14.1 Å². The highest BCUT2D eigenvalue weighted by Crippen LogP contribution is 2.26. The van der Waals surface area contributed by atoms with E-state index in [1.54, 1.807) is 33.3 Å². The van der Waals surface area contributed by atoms with Gasteiger partial charge in [0.15, 0.2) is 0 Å². The van der Waals surface area contributed by atoms with Crippen LogP contribution in [0.2, 0.25) is 0 Å². The standard InChI is InChI=1S/C20H23N3O4S2/c1-15(24)21-8-10-23(11-9-21)29(26,27)18-4-2-3-16(13-18)20(25)22-7-5-19-17(14-22)6-12-28-19/h2-4,6,12-13H,5,7-11,14H2,1H3. The van der Waals surface area contributed by atoms with Crippen molar-refractivity contribution in [2.45, 2.75) is 24.8 Å². The lowest BCUT2D eigenvalue weighted by molar-refractivity contribution is -0.129. The first kappa shape index (κ1) is 20.1. The largest absolute Gasteiger partial charge is 0.340 e. The van der Waals surface area contributed by atoms with Crippen LogP contribution < -0.4 is 0 Å². The molecule has 2 aromatic rings. The molecule has 7 nitrogen and oxygen atoms in total. The number of carbonyl (C=O) groups excluding carboxylic acids is 2. The number of piperazine rings is 1. The van der Waals surface area contributed by atoms with Gasteiger partial charge in [0.25, 0.3) is 5.91 Å². The molecule has 1 aromatic carbocycles. The topological polar surface area (TPSA) is 78.0 Å². The molecular formula is C20H23N3O4S2. The number of fused-ring (bicyclic) bond motifs is 1. The van der Waals surface area contributed by atoms with Crippen LogP contribution in [0.15, 0.2) is 40.6 Å². The van der Waals surface area contributed by atoms with E-state index in [4.69, 9.17) is 0 Å². The van der Waals surface area contributed by atoms with Gasteiger partial charge in [-0.2, -0.15) is 4.31 Å². The Labute approximate surface area is 174 Å². The maximum atomic E-state index is 13.0. The fraction of sp³-hybridized carbons (Fsp3) is 0.400. The van der Waals surface area contributed by atoms with Gasteiger partial charge in [0.2, 0.25) is 15.9 Å². The lowest BCUT2D eigenvalue weighted by atomic mass is 10.1. The summed E-state index contributed by atoms with van der Waals surface area (Å²) in [5, 5.41) is 2.04. The molecule has 0 radical (unpaired) electrons. The monoisotopic (exact) mass is 433 g/mol. The van der Waals surface area contributed by atoms with Crippen LogP contribution in [0.4, 0.5) is 0 Å². The molecule has 1 aromatic heterocycles. The minimum Gasteiger partial charge on any atom is -0.340 e. The highest BCUT2D eigenvalue weighted by Gasteiger charge is 2.30. The minimum atomic E-state index is -3.71. The third-order valence-corrected chi connectivity index (χ3v) is 8.42. The van der Waals surface area contributed by atoms with Gasteiger partial charge in [-0.25, -0.2) is 8.42 Å². The van der Waals surface area contributed by atoms with Crippen molar-refractivity contribution in [2.24, 2.45) is 0 Å². The Kier molecular flexibility index (Phi) is 5.46. The lowest BCUT2D eigenvalue weighted by Gasteiger charge is -2.33. The maximum absolute atomic E-state index is 13.0. The number of nitrogens with zero attached hydrogens (tertiary/aromatic N) is 3. The minimum absolute atomic E-state index is 0.0510. The Morgan fingerprint density at radius 2 is 1.76 bits per heavy atom. The van der Waals surface area contributed by atoms with Crippen LogP contribution in [0.1, 0.15) is 27.7 Å². The molecule has 0 N–H and O–H groups in total. The summed E-state index contributed by atoms with van der Waals surface area (Å²) in [6, 6.07) is 8.32. The lowest BCUT2D eigenvalue weighted by Crippen LogP contribution is -2.49. The van der Waals surface area contributed by atoms with Crippen LogP contribution in [0, 0.1) is 0 Å². The summed E-state index contributed by atoms with van der Waals surface area (Å²) in [6.07, 6.45) is 0.831. The van der Waals surface area contributed by atoms with Crippen molar-refractivity contribution >= 4 is 33.2 Å². The molecule has 29 heavy (non-hydrogen) atoms. The summed E-state index contributed by atoms with van der Waals surface area (Å²) in [4.78, 5) is 29.3. The second-order valence-electron chi connectivity index (χ2n) is 7.28. The predicted octanol–water partition coefficient (Wildman–Crippen LogP) is 1.80. The molecule has 2 aliphatic heterocycles. The number of hydrogen-bond donors (Lipinski definition) is 0. The molecular weight excluding hydrogens is 410 g/mol. The number of rotatable bonds is 3.